The lowest BCUT2D eigenvalue weighted by Crippen LogP contribution is -2.40. The minimum absolute atomic E-state index is 0.0530. The van der Waals surface area contributed by atoms with E-state index < -0.39 is 6.10 Å². The van der Waals surface area contributed by atoms with Crippen LogP contribution in [0, 0.1) is 0 Å². The molecule has 2 amide bonds. The molecule has 0 fully saturated rings. The normalized spacial score (nSPS) is 18.6. The quantitative estimate of drug-likeness (QED) is 0.786. The number of carbonyl (C=O) groups excluding carboxylic acids is 1. The summed E-state index contributed by atoms with van der Waals surface area (Å²) in [6.07, 6.45) is 0.881. The third kappa shape index (κ3) is 4.11. The van der Waals surface area contributed by atoms with E-state index in [2.05, 4.69) is 26.6 Å². The number of fused-ring (bicyclic) bond motifs is 1. The van der Waals surface area contributed by atoms with E-state index in [-0.39, 0.29) is 12.1 Å². The lowest BCUT2D eigenvalue weighted by molar-refractivity contribution is 0.182. The lowest BCUT2D eigenvalue weighted by Gasteiger charge is -2.27. The number of amides is 2. The Hall–Kier alpha value is -1.27. The number of nitrogens with one attached hydrogen (secondary N) is 2. The van der Waals surface area contributed by atoms with E-state index in [1.807, 2.05) is 18.2 Å². The van der Waals surface area contributed by atoms with Gasteiger partial charge in [-0.25, -0.2) is 4.79 Å². The van der Waals surface area contributed by atoms with Gasteiger partial charge in [-0.3, -0.25) is 0 Å². The zero-order chi connectivity index (χ0) is 14.5. The first-order valence-electron chi connectivity index (χ1n) is 6.71. The SMILES string of the molecule is CC(O)CCNC(=O)NC1CCOc2ccc(Br)cc21. The highest BCUT2D eigenvalue weighted by molar-refractivity contribution is 9.10. The highest BCUT2D eigenvalue weighted by Gasteiger charge is 2.23. The van der Waals surface area contributed by atoms with Crippen molar-refractivity contribution in [1.29, 1.82) is 0 Å². The Morgan fingerprint density at radius 3 is 3.15 bits per heavy atom. The zero-order valence-corrected chi connectivity index (χ0v) is 12.9. The van der Waals surface area contributed by atoms with Crippen LogP contribution in [0.3, 0.4) is 0 Å². The van der Waals surface area contributed by atoms with Crippen LogP contribution in [0.1, 0.15) is 31.4 Å². The largest absolute Gasteiger partial charge is 0.493 e. The molecule has 110 valence electrons. The first-order chi connectivity index (χ1) is 9.56. The molecule has 0 aliphatic carbocycles. The number of urea groups is 1. The fourth-order valence-corrected chi connectivity index (χ4v) is 2.50. The fraction of sp³-hybridized carbons (Fsp3) is 0.500. The molecule has 1 aromatic carbocycles. The Bertz CT molecular complexity index is 479. The highest BCUT2D eigenvalue weighted by atomic mass is 79.9. The summed E-state index contributed by atoms with van der Waals surface area (Å²) in [5.74, 6) is 0.814. The van der Waals surface area contributed by atoms with Crippen LogP contribution in [-0.4, -0.2) is 30.4 Å². The molecular weight excluding hydrogens is 324 g/mol. The van der Waals surface area contributed by atoms with Crippen LogP contribution in [0.5, 0.6) is 5.75 Å². The molecule has 0 saturated heterocycles. The second kappa shape index (κ2) is 6.95. The molecule has 0 spiro atoms. The molecule has 1 aromatic rings. The Kier molecular flexibility index (Phi) is 5.25. The van der Waals surface area contributed by atoms with E-state index in [1.54, 1.807) is 6.92 Å². The minimum Gasteiger partial charge on any atom is -0.493 e. The zero-order valence-electron chi connectivity index (χ0n) is 11.4. The topological polar surface area (TPSA) is 70.6 Å². The summed E-state index contributed by atoms with van der Waals surface area (Å²) in [7, 11) is 0. The predicted octanol–water partition coefficient (Wildman–Crippen LogP) is 2.34. The Morgan fingerprint density at radius 1 is 1.60 bits per heavy atom. The predicted molar refractivity (Wildman–Crippen MR) is 79.8 cm³/mol. The van der Waals surface area contributed by atoms with Crippen molar-refractivity contribution in [3.05, 3.63) is 28.2 Å². The van der Waals surface area contributed by atoms with Gasteiger partial charge >= 0.3 is 6.03 Å². The number of aliphatic hydroxyl groups excluding tert-OH is 1. The molecule has 0 radical (unpaired) electrons. The summed E-state index contributed by atoms with van der Waals surface area (Å²) in [5, 5.41) is 14.8. The van der Waals surface area contributed by atoms with Gasteiger partial charge in [-0.05, 0) is 31.5 Å². The first-order valence-corrected chi connectivity index (χ1v) is 7.50. The summed E-state index contributed by atoms with van der Waals surface area (Å²) in [6, 6.07) is 5.52. The van der Waals surface area contributed by atoms with Crippen molar-refractivity contribution in [1.82, 2.24) is 10.6 Å². The van der Waals surface area contributed by atoms with Crippen molar-refractivity contribution < 1.29 is 14.6 Å². The van der Waals surface area contributed by atoms with E-state index >= 15 is 0 Å². The van der Waals surface area contributed by atoms with E-state index in [0.29, 0.717) is 19.6 Å². The second-order valence-corrected chi connectivity index (χ2v) is 5.83. The molecule has 5 nitrogen and oxygen atoms in total. The number of hydrogen-bond donors (Lipinski definition) is 3. The second-order valence-electron chi connectivity index (χ2n) is 4.91. The Labute approximate surface area is 126 Å². The number of ether oxygens (including phenoxy) is 1. The third-order valence-electron chi connectivity index (χ3n) is 3.16. The smallest absolute Gasteiger partial charge is 0.315 e. The number of aliphatic hydroxyl groups is 1. The minimum atomic E-state index is -0.407. The van der Waals surface area contributed by atoms with Crippen molar-refractivity contribution in [3.63, 3.8) is 0 Å². The number of rotatable bonds is 4. The van der Waals surface area contributed by atoms with Gasteiger partial charge in [0.25, 0.3) is 0 Å². The van der Waals surface area contributed by atoms with Crippen LogP contribution in [0.2, 0.25) is 0 Å². The molecule has 3 N–H and O–H groups in total. The van der Waals surface area contributed by atoms with Crippen LogP contribution >= 0.6 is 15.9 Å². The maximum atomic E-state index is 11.8. The van der Waals surface area contributed by atoms with E-state index in [0.717, 1.165) is 22.2 Å². The Morgan fingerprint density at radius 2 is 2.40 bits per heavy atom. The summed E-state index contributed by atoms with van der Waals surface area (Å²) in [5.41, 5.74) is 0.983. The summed E-state index contributed by atoms with van der Waals surface area (Å²) in [4.78, 5) is 11.8. The fourth-order valence-electron chi connectivity index (χ4n) is 2.12. The molecule has 0 aromatic heterocycles. The van der Waals surface area contributed by atoms with E-state index in [9.17, 15) is 4.79 Å². The van der Waals surface area contributed by atoms with Crippen LogP contribution in [0.4, 0.5) is 4.79 Å². The monoisotopic (exact) mass is 342 g/mol. The van der Waals surface area contributed by atoms with Crippen molar-refractivity contribution >= 4 is 22.0 Å². The molecule has 2 atom stereocenters. The summed E-state index contributed by atoms with van der Waals surface area (Å²) < 4.78 is 6.54. The van der Waals surface area contributed by atoms with Gasteiger partial charge in [0.15, 0.2) is 0 Å². The maximum absolute atomic E-state index is 11.8. The molecule has 1 aliphatic heterocycles. The standard InChI is InChI=1S/C14H19BrN2O3/c1-9(18)4-6-16-14(19)17-12-5-7-20-13-3-2-10(15)8-11(12)13/h2-3,8-9,12,18H,4-7H2,1H3,(H2,16,17,19). The third-order valence-corrected chi connectivity index (χ3v) is 3.66. The van der Waals surface area contributed by atoms with Crippen LogP contribution in [0.15, 0.2) is 22.7 Å². The van der Waals surface area contributed by atoms with Crippen LogP contribution in [0.25, 0.3) is 0 Å². The van der Waals surface area contributed by atoms with Crippen molar-refractivity contribution in [3.8, 4) is 5.75 Å². The lowest BCUT2D eigenvalue weighted by atomic mass is 10.0. The molecule has 1 aliphatic rings. The maximum Gasteiger partial charge on any atom is 0.315 e. The molecular formula is C14H19BrN2O3. The van der Waals surface area contributed by atoms with Gasteiger partial charge in [-0.2, -0.15) is 0 Å². The van der Waals surface area contributed by atoms with Gasteiger partial charge in [-0.1, -0.05) is 15.9 Å². The molecule has 0 saturated carbocycles. The molecule has 1 heterocycles. The number of benzene rings is 1. The average Bonchev–Trinajstić information content (AvgIpc) is 2.39. The van der Waals surface area contributed by atoms with Gasteiger partial charge < -0.3 is 20.5 Å². The molecule has 2 rings (SSSR count). The van der Waals surface area contributed by atoms with Gasteiger partial charge in [0, 0.05) is 23.0 Å². The Balaban J connectivity index is 1.94. The van der Waals surface area contributed by atoms with E-state index in [1.165, 1.54) is 0 Å². The number of hydrogen-bond acceptors (Lipinski definition) is 3. The van der Waals surface area contributed by atoms with Gasteiger partial charge in [0.1, 0.15) is 5.75 Å². The summed E-state index contributed by atoms with van der Waals surface area (Å²) in [6.45, 7) is 2.75. The van der Waals surface area contributed by atoms with Gasteiger partial charge in [0.2, 0.25) is 0 Å². The number of carbonyl (C=O) groups is 1. The molecule has 0 bridgehead atoms. The average molecular weight is 343 g/mol. The molecule has 6 heteroatoms. The van der Waals surface area contributed by atoms with Gasteiger partial charge in [-0.15, -0.1) is 0 Å². The highest BCUT2D eigenvalue weighted by Crippen LogP contribution is 2.33. The van der Waals surface area contributed by atoms with Gasteiger partial charge in [0.05, 0.1) is 18.8 Å². The first kappa shape index (κ1) is 15.1. The van der Waals surface area contributed by atoms with Crippen LogP contribution in [-0.2, 0) is 0 Å². The molecule has 20 heavy (non-hydrogen) atoms. The summed E-state index contributed by atoms with van der Waals surface area (Å²) >= 11 is 3.43. The van der Waals surface area contributed by atoms with Crippen LogP contribution < -0.4 is 15.4 Å². The number of halogens is 1. The van der Waals surface area contributed by atoms with Crippen molar-refractivity contribution in [2.24, 2.45) is 0 Å². The van der Waals surface area contributed by atoms with Crippen molar-refractivity contribution in [2.45, 2.75) is 31.9 Å². The van der Waals surface area contributed by atoms with Crippen molar-refractivity contribution in [2.75, 3.05) is 13.2 Å². The molecule has 2 unspecified atom stereocenters. The van der Waals surface area contributed by atoms with E-state index in [4.69, 9.17) is 9.84 Å².